The van der Waals surface area contributed by atoms with E-state index < -0.39 is 27.9 Å². The van der Waals surface area contributed by atoms with Crippen LogP contribution in [0.1, 0.15) is 6.92 Å². The molecule has 1 unspecified atom stereocenters. The first-order chi connectivity index (χ1) is 14.6. The van der Waals surface area contributed by atoms with Crippen molar-refractivity contribution in [3.63, 3.8) is 0 Å². The summed E-state index contributed by atoms with van der Waals surface area (Å²) < 4.78 is 41.3. The van der Waals surface area contributed by atoms with Gasteiger partial charge in [0.25, 0.3) is 0 Å². The van der Waals surface area contributed by atoms with E-state index in [2.05, 4.69) is 20.3 Å². The van der Waals surface area contributed by atoms with Crippen LogP contribution in [0.3, 0.4) is 0 Å². The van der Waals surface area contributed by atoms with Gasteiger partial charge in [0.15, 0.2) is 15.8 Å². The van der Waals surface area contributed by atoms with Gasteiger partial charge in [-0.3, -0.25) is 19.2 Å². The summed E-state index contributed by atoms with van der Waals surface area (Å²) in [4.78, 5) is 24.0. The van der Waals surface area contributed by atoms with Crippen LogP contribution < -0.4 is 19.1 Å². The van der Waals surface area contributed by atoms with Crippen LogP contribution in [-0.2, 0) is 24.3 Å². The molecule has 31 heavy (non-hydrogen) atoms. The highest BCUT2D eigenvalue weighted by Crippen LogP contribution is 2.33. The highest BCUT2D eigenvalue weighted by Gasteiger charge is 2.30. The van der Waals surface area contributed by atoms with Crippen molar-refractivity contribution in [2.75, 3.05) is 43.0 Å². The van der Waals surface area contributed by atoms with Crippen molar-refractivity contribution in [1.29, 1.82) is 0 Å². The Morgan fingerprint density at radius 3 is 2.45 bits per heavy atom. The van der Waals surface area contributed by atoms with Gasteiger partial charge in [0, 0.05) is 6.07 Å². The molecule has 1 amide bonds. The molecule has 0 saturated carbocycles. The number of nitrogens with one attached hydrogen (secondary N) is 1. The zero-order chi connectivity index (χ0) is 23.2. The van der Waals surface area contributed by atoms with E-state index >= 15 is 0 Å². The van der Waals surface area contributed by atoms with E-state index in [-0.39, 0.29) is 16.6 Å². The van der Waals surface area contributed by atoms with Crippen LogP contribution >= 0.6 is 23.1 Å². The van der Waals surface area contributed by atoms with Crippen molar-refractivity contribution in [2.24, 2.45) is 0 Å². The number of aromatic nitrogens is 2. The van der Waals surface area contributed by atoms with Crippen molar-refractivity contribution in [3.8, 4) is 11.5 Å². The third-order valence-corrected chi connectivity index (χ3v) is 7.08. The number of methoxy groups -OCH3 is 3. The molecular formula is C17H22N4O7S3. The molecule has 0 aliphatic rings. The number of ether oxygens (including phenoxy) is 3. The quantitative estimate of drug-likeness (QED) is 0.297. The molecule has 170 valence electrons. The zero-order valence-corrected chi connectivity index (χ0v) is 19.9. The number of anilines is 2. The molecule has 0 bridgehead atoms. The largest absolute Gasteiger partial charge is 0.493 e. The lowest BCUT2D eigenvalue weighted by Crippen LogP contribution is -2.45. The number of rotatable bonds is 10. The fourth-order valence-electron chi connectivity index (χ4n) is 2.48. The molecule has 14 heteroatoms. The summed E-state index contributed by atoms with van der Waals surface area (Å²) in [5.41, 5.74) is 0.231. The molecule has 0 aliphatic carbocycles. The van der Waals surface area contributed by atoms with Gasteiger partial charge < -0.3 is 14.2 Å². The predicted octanol–water partition coefficient (Wildman–Crippen LogP) is 1.61. The number of thioether (sulfide) groups is 1. The number of hydrogen-bond donors (Lipinski definition) is 1. The predicted molar refractivity (Wildman–Crippen MR) is 118 cm³/mol. The Balaban J connectivity index is 2.21. The number of amides is 1. The van der Waals surface area contributed by atoms with Crippen molar-refractivity contribution in [1.82, 2.24) is 10.2 Å². The van der Waals surface area contributed by atoms with Crippen LogP contribution in [0.15, 0.2) is 22.5 Å². The third kappa shape index (κ3) is 6.45. The van der Waals surface area contributed by atoms with E-state index in [1.165, 1.54) is 40.4 Å². The molecule has 1 heterocycles. The molecular weight excluding hydrogens is 468 g/mol. The van der Waals surface area contributed by atoms with E-state index in [0.717, 1.165) is 33.7 Å². The molecule has 0 fully saturated rings. The van der Waals surface area contributed by atoms with E-state index in [0.29, 0.717) is 15.8 Å². The molecule has 1 aromatic heterocycles. The lowest BCUT2D eigenvalue weighted by atomic mass is 10.2. The fraction of sp³-hybridized carbons (Fsp3) is 0.412. The van der Waals surface area contributed by atoms with Crippen LogP contribution in [0.2, 0.25) is 0 Å². The van der Waals surface area contributed by atoms with Gasteiger partial charge in [-0.05, 0) is 19.1 Å². The van der Waals surface area contributed by atoms with Gasteiger partial charge in [-0.15, -0.1) is 10.2 Å². The van der Waals surface area contributed by atoms with Crippen molar-refractivity contribution >= 4 is 55.8 Å². The maximum absolute atomic E-state index is 12.8. The highest BCUT2D eigenvalue weighted by molar-refractivity contribution is 8.01. The standard InChI is InChI=1S/C17H22N4O7S3/c1-10(15(23)18-16-19-20-17(30-16)29-9-14(22)28-4)21(31(5,24)25)11-6-7-12(26-2)13(8-11)27-3/h6-8,10H,9H2,1-5H3,(H,18,19,23). The molecule has 0 radical (unpaired) electrons. The maximum Gasteiger partial charge on any atom is 0.316 e. The van der Waals surface area contributed by atoms with Gasteiger partial charge in [0.2, 0.25) is 21.1 Å². The minimum absolute atomic E-state index is 0.0522. The summed E-state index contributed by atoms with van der Waals surface area (Å²) in [5.74, 6) is -0.240. The smallest absolute Gasteiger partial charge is 0.316 e. The summed E-state index contributed by atoms with van der Waals surface area (Å²) in [6, 6.07) is 3.42. The number of carbonyl (C=O) groups is 2. The summed E-state index contributed by atoms with van der Waals surface area (Å²) in [7, 11) is 0.337. The van der Waals surface area contributed by atoms with E-state index in [9.17, 15) is 18.0 Å². The molecule has 0 spiro atoms. The molecule has 0 aliphatic heterocycles. The van der Waals surface area contributed by atoms with Gasteiger partial charge in [0.05, 0.1) is 39.0 Å². The summed E-state index contributed by atoms with van der Waals surface area (Å²) in [5, 5.41) is 10.4. The Morgan fingerprint density at radius 1 is 1.19 bits per heavy atom. The molecule has 0 saturated heterocycles. The van der Waals surface area contributed by atoms with E-state index in [1.807, 2.05) is 0 Å². The second-order valence-electron chi connectivity index (χ2n) is 6.00. The normalized spacial score (nSPS) is 12.0. The molecule has 2 rings (SSSR count). The Hall–Kier alpha value is -2.58. The first-order valence-corrected chi connectivity index (χ1v) is 12.3. The van der Waals surface area contributed by atoms with Crippen LogP contribution in [0.25, 0.3) is 0 Å². The van der Waals surface area contributed by atoms with Gasteiger partial charge in [-0.2, -0.15) is 0 Å². The lowest BCUT2D eigenvalue weighted by Gasteiger charge is -2.28. The van der Waals surface area contributed by atoms with Gasteiger partial charge >= 0.3 is 5.97 Å². The monoisotopic (exact) mass is 490 g/mol. The number of nitrogens with zero attached hydrogens (tertiary/aromatic N) is 3. The molecule has 11 nitrogen and oxygen atoms in total. The average molecular weight is 491 g/mol. The Kier molecular flexibility index (Phi) is 8.47. The Labute approximate surface area is 188 Å². The van der Waals surface area contributed by atoms with Crippen molar-refractivity contribution < 1.29 is 32.2 Å². The second-order valence-corrected chi connectivity index (χ2v) is 10.1. The van der Waals surface area contributed by atoms with Crippen molar-refractivity contribution in [2.45, 2.75) is 17.3 Å². The molecule has 1 atom stereocenters. The van der Waals surface area contributed by atoms with E-state index in [4.69, 9.17) is 9.47 Å². The topological polar surface area (TPSA) is 137 Å². The van der Waals surface area contributed by atoms with Crippen LogP contribution in [0.5, 0.6) is 11.5 Å². The summed E-state index contributed by atoms with van der Waals surface area (Å²) >= 11 is 2.17. The van der Waals surface area contributed by atoms with Crippen LogP contribution in [-0.4, -0.2) is 69.9 Å². The average Bonchev–Trinajstić information content (AvgIpc) is 3.17. The SMILES string of the molecule is COC(=O)CSc1nnc(NC(=O)C(C)N(c2ccc(OC)c(OC)c2)S(C)(=O)=O)s1. The maximum atomic E-state index is 12.8. The Morgan fingerprint density at radius 2 is 1.87 bits per heavy atom. The highest BCUT2D eigenvalue weighted by atomic mass is 32.2. The number of benzene rings is 1. The first-order valence-electron chi connectivity index (χ1n) is 8.66. The summed E-state index contributed by atoms with van der Waals surface area (Å²) in [6.07, 6.45) is 1.000. The van der Waals surface area contributed by atoms with Crippen molar-refractivity contribution in [3.05, 3.63) is 18.2 Å². The fourth-order valence-corrected chi connectivity index (χ4v) is 5.23. The first kappa shape index (κ1) is 24.7. The van der Waals surface area contributed by atoms with Crippen LogP contribution in [0.4, 0.5) is 10.8 Å². The Bertz CT molecular complexity index is 1040. The van der Waals surface area contributed by atoms with Gasteiger partial charge in [0.1, 0.15) is 6.04 Å². The van der Waals surface area contributed by atoms with E-state index in [1.54, 1.807) is 6.07 Å². The number of carbonyl (C=O) groups excluding carboxylic acids is 2. The summed E-state index contributed by atoms with van der Waals surface area (Å²) in [6.45, 7) is 1.45. The molecule has 2 aromatic rings. The van der Waals surface area contributed by atoms with Gasteiger partial charge in [-0.1, -0.05) is 23.1 Å². The molecule has 1 N–H and O–H groups in total. The van der Waals surface area contributed by atoms with Crippen LogP contribution in [0, 0.1) is 0 Å². The number of sulfonamides is 1. The minimum atomic E-state index is -3.83. The second kappa shape index (κ2) is 10.6. The number of hydrogen-bond acceptors (Lipinski definition) is 11. The minimum Gasteiger partial charge on any atom is -0.493 e. The lowest BCUT2D eigenvalue weighted by molar-refractivity contribution is -0.137. The third-order valence-electron chi connectivity index (χ3n) is 3.89. The van der Waals surface area contributed by atoms with Gasteiger partial charge in [-0.25, -0.2) is 8.42 Å². The zero-order valence-electron chi connectivity index (χ0n) is 17.4. The number of esters is 1. The molecule has 1 aromatic carbocycles.